The van der Waals surface area contributed by atoms with Gasteiger partial charge in [-0.05, 0) is 7.05 Å². The van der Waals surface area contributed by atoms with Gasteiger partial charge in [0.1, 0.15) is 0 Å². The van der Waals surface area contributed by atoms with Gasteiger partial charge in [0.25, 0.3) is 11.8 Å². The molecule has 1 aliphatic rings. The minimum atomic E-state index is -0.739. The van der Waals surface area contributed by atoms with E-state index in [0.29, 0.717) is 6.54 Å². The lowest BCUT2D eigenvalue weighted by Crippen LogP contribution is -2.45. The van der Waals surface area contributed by atoms with Gasteiger partial charge in [0, 0.05) is 38.9 Å². The van der Waals surface area contributed by atoms with E-state index in [-0.39, 0.29) is 11.3 Å². The Labute approximate surface area is 117 Å². The summed E-state index contributed by atoms with van der Waals surface area (Å²) in [6.07, 6.45) is 1.48. The average molecular weight is 280 g/mol. The van der Waals surface area contributed by atoms with Crippen molar-refractivity contribution in [1.29, 1.82) is 0 Å². The summed E-state index contributed by atoms with van der Waals surface area (Å²) in [6, 6.07) is 0. The summed E-state index contributed by atoms with van der Waals surface area (Å²) in [5.74, 6) is -1.43. The van der Waals surface area contributed by atoms with Gasteiger partial charge in [-0.2, -0.15) is 5.10 Å². The third-order valence-electron chi connectivity index (χ3n) is 3.50. The first-order valence-electron chi connectivity index (χ1n) is 6.55. The maximum absolute atomic E-state index is 11.2. The molecule has 2 amide bonds. The van der Waals surface area contributed by atoms with Crippen molar-refractivity contribution in [3.05, 3.63) is 17.5 Å². The molecule has 0 aromatic carbocycles. The number of hydrogen-bond donors (Lipinski definition) is 2. The number of amides is 2. The summed E-state index contributed by atoms with van der Waals surface area (Å²) in [6.45, 7) is 5.49. The molecule has 0 atom stereocenters. The minimum absolute atomic E-state index is 0.0594. The van der Waals surface area contributed by atoms with Crippen LogP contribution >= 0.6 is 0 Å². The number of hydrogen-bond acceptors (Lipinski definition) is 5. The number of nitrogens with zero attached hydrogens (tertiary/aromatic N) is 4. The normalized spacial score (nSPS) is 17.2. The highest BCUT2D eigenvalue weighted by atomic mass is 16.2. The van der Waals surface area contributed by atoms with E-state index in [1.807, 2.05) is 0 Å². The number of rotatable bonds is 5. The quantitative estimate of drug-likeness (QED) is 0.670. The summed E-state index contributed by atoms with van der Waals surface area (Å²) >= 11 is 0. The monoisotopic (exact) mass is 280 g/mol. The smallest absolute Gasteiger partial charge is 0.270 e. The van der Waals surface area contributed by atoms with Crippen LogP contribution in [0.5, 0.6) is 0 Å². The average Bonchev–Trinajstić information content (AvgIpc) is 2.83. The molecule has 0 radical (unpaired) electrons. The molecule has 0 saturated carbocycles. The lowest BCUT2D eigenvalue weighted by atomic mass is 10.2. The highest BCUT2D eigenvalue weighted by molar-refractivity contribution is 6.04. The summed E-state index contributed by atoms with van der Waals surface area (Å²) < 4.78 is 1.55. The Morgan fingerprint density at radius 3 is 2.30 bits per heavy atom. The maximum Gasteiger partial charge on any atom is 0.270 e. The number of likely N-dealkylation sites (N-methyl/N-ethyl adjacent to an activating group) is 1. The predicted octanol–water partition coefficient (Wildman–Crippen LogP) is -1.67. The molecule has 0 bridgehead atoms. The van der Waals surface area contributed by atoms with Gasteiger partial charge in [0.2, 0.25) is 0 Å². The van der Waals surface area contributed by atoms with E-state index in [2.05, 4.69) is 21.9 Å². The van der Waals surface area contributed by atoms with Crippen LogP contribution in [0.25, 0.3) is 0 Å². The van der Waals surface area contributed by atoms with Crippen LogP contribution in [0.15, 0.2) is 6.20 Å². The molecule has 1 aliphatic heterocycles. The zero-order valence-corrected chi connectivity index (χ0v) is 11.6. The molecule has 2 heterocycles. The number of aromatic nitrogens is 2. The number of carbonyl (C=O) groups excluding carboxylic acids is 2. The molecule has 1 aromatic rings. The fraction of sp³-hybridized carbons (Fsp3) is 0.583. The van der Waals surface area contributed by atoms with Crippen molar-refractivity contribution in [2.45, 2.75) is 6.54 Å². The fourth-order valence-corrected chi connectivity index (χ4v) is 2.21. The predicted molar refractivity (Wildman–Crippen MR) is 73.2 cm³/mol. The van der Waals surface area contributed by atoms with E-state index in [4.69, 9.17) is 11.5 Å². The van der Waals surface area contributed by atoms with Crippen LogP contribution < -0.4 is 11.5 Å². The van der Waals surface area contributed by atoms with E-state index in [9.17, 15) is 9.59 Å². The van der Waals surface area contributed by atoms with Gasteiger partial charge >= 0.3 is 0 Å². The van der Waals surface area contributed by atoms with Crippen LogP contribution in [0.3, 0.4) is 0 Å². The molecule has 8 heteroatoms. The first kappa shape index (κ1) is 14.5. The molecule has 0 unspecified atom stereocenters. The molecular formula is C12H20N6O2. The van der Waals surface area contributed by atoms with Crippen molar-refractivity contribution >= 4 is 11.8 Å². The SMILES string of the molecule is CN1CCN(CCn2cc(C(N)=O)c(C(N)=O)n2)CC1. The Bertz CT molecular complexity index is 473. The van der Waals surface area contributed by atoms with E-state index >= 15 is 0 Å². The van der Waals surface area contributed by atoms with Crippen molar-refractivity contribution < 1.29 is 9.59 Å². The molecule has 0 aliphatic carbocycles. The van der Waals surface area contributed by atoms with Gasteiger partial charge in [-0.1, -0.05) is 0 Å². The van der Waals surface area contributed by atoms with Crippen molar-refractivity contribution in [3.8, 4) is 0 Å². The van der Waals surface area contributed by atoms with E-state index < -0.39 is 11.8 Å². The highest BCUT2D eigenvalue weighted by Gasteiger charge is 2.19. The Hall–Kier alpha value is -1.93. The zero-order valence-electron chi connectivity index (χ0n) is 11.6. The van der Waals surface area contributed by atoms with Crippen molar-refractivity contribution in [3.63, 3.8) is 0 Å². The molecule has 1 fully saturated rings. The number of nitrogens with two attached hydrogens (primary N) is 2. The number of carbonyl (C=O) groups is 2. The lowest BCUT2D eigenvalue weighted by molar-refractivity contribution is 0.0964. The van der Waals surface area contributed by atoms with Gasteiger partial charge in [-0.15, -0.1) is 0 Å². The summed E-state index contributed by atoms with van der Waals surface area (Å²) in [5.41, 5.74) is 10.4. The maximum atomic E-state index is 11.2. The lowest BCUT2D eigenvalue weighted by Gasteiger charge is -2.32. The van der Waals surface area contributed by atoms with Crippen LogP contribution in [0.2, 0.25) is 0 Å². The fourth-order valence-electron chi connectivity index (χ4n) is 2.21. The number of piperazine rings is 1. The Morgan fingerprint density at radius 1 is 1.15 bits per heavy atom. The standard InChI is InChI=1S/C12H20N6O2/c1-16-2-4-17(5-3-16)6-7-18-8-9(11(13)19)10(15-18)12(14)20/h8H,2-7H2,1H3,(H2,13,19)(H2,14,20). The molecule has 110 valence electrons. The molecule has 20 heavy (non-hydrogen) atoms. The van der Waals surface area contributed by atoms with Crippen molar-refractivity contribution in [2.75, 3.05) is 39.8 Å². The third-order valence-corrected chi connectivity index (χ3v) is 3.50. The minimum Gasteiger partial charge on any atom is -0.365 e. The molecule has 1 saturated heterocycles. The first-order valence-corrected chi connectivity index (χ1v) is 6.55. The molecule has 0 spiro atoms. The van der Waals surface area contributed by atoms with Gasteiger partial charge in [0.05, 0.1) is 12.1 Å². The summed E-state index contributed by atoms with van der Waals surface area (Å²) in [5, 5.41) is 4.03. The third kappa shape index (κ3) is 3.34. The van der Waals surface area contributed by atoms with Crippen LogP contribution in [0.4, 0.5) is 0 Å². The van der Waals surface area contributed by atoms with E-state index in [1.165, 1.54) is 6.20 Å². The summed E-state index contributed by atoms with van der Waals surface area (Å²) in [7, 11) is 2.10. The first-order chi connectivity index (χ1) is 9.47. The van der Waals surface area contributed by atoms with Gasteiger partial charge in [-0.3, -0.25) is 19.2 Å². The Balaban J connectivity index is 1.98. The van der Waals surface area contributed by atoms with E-state index in [1.54, 1.807) is 4.68 Å². The second-order valence-corrected chi connectivity index (χ2v) is 5.03. The Morgan fingerprint density at radius 2 is 1.80 bits per heavy atom. The second kappa shape index (κ2) is 6.02. The van der Waals surface area contributed by atoms with Crippen molar-refractivity contribution in [2.24, 2.45) is 11.5 Å². The van der Waals surface area contributed by atoms with Crippen LogP contribution in [-0.2, 0) is 6.54 Å². The van der Waals surface area contributed by atoms with Gasteiger partial charge in [0.15, 0.2) is 5.69 Å². The largest absolute Gasteiger partial charge is 0.365 e. The van der Waals surface area contributed by atoms with E-state index in [0.717, 1.165) is 32.7 Å². The molecule has 8 nitrogen and oxygen atoms in total. The van der Waals surface area contributed by atoms with Crippen LogP contribution in [0.1, 0.15) is 20.8 Å². The Kier molecular flexibility index (Phi) is 4.35. The summed E-state index contributed by atoms with van der Waals surface area (Å²) in [4.78, 5) is 27.0. The molecule has 1 aromatic heterocycles. The second-order valence-electron chi connectivity index (χ2n) is 5.03. The van der Waals surface area contributed by atoms with Gasteiger partial charge < -0.3 is 16.4 Å². The number of primary amides is 2. The molecule has 4 N–H and O–H groups in total. The van der Waals surface area contributed by atoms with Crippen LogP contribution in [0, 0.1) is 0 Å². The zero-order chi connectivity index (χ0) is 14.7. The topological polar surface area (TPSA) is 110 Å². The highest BCUT2D eigenvalue weighted by Crippen LogP contribution is 2.06. The van der Waals surface area contributed by atoms with Gasteiger partial charge in [-0.25, -0.2) is 0 Å². The molecule has 2 rings (SSSR count). The van der Waals surface area contributed by atoms with Crippen LogP contribution in [-0.4, -0.2) is 71.2 Å². The van der Waals surface area contributed by atoms with Crippen molar-refractivity contribution in [1.82, 2.24) is 19.6 Å². The molecular weight excluding hydrogens is 260 g/mol.